The molecule has 2 aromatic carbocycles. The average Bonchev–Trinajstić information content (AvgIpc) is 2.73. The fourth-order valence-corrected chi connectivity index (χ4v) is 4.18. The Hall–Kier alpha value is -1.88. The maximum atomic E-state index is 12.0. The molecule has 0 spiro atoms. The average molecular weight is 371 g/mol. The molecule has 1 heterocycles. The summed E-state index contributed by atoms with van der Waals surface area (Å²) in [5.41, 5.74) is 1.25. The number of benzene rings is 2. The van der Waals surface area contributed by atoms with Crippen LogP contribution in [-0.2, 0) is 10.3 Å². The van der Waals surface area contributed by atoms with Crippen molar-refractivity contribution < 1.29 is 19.5 Å². The van der Waals surface area contributed by atoms with Gasteiger partial charge in [-0.3, -0.25) is 0 Å². The van der Waals surface area contributed by atoms with Crippen molar-refractivity contribution in [3.8, 4) is 5.75 Å². The highest BCUT2D eigenvalue weighted by Gasteiger charge is 2.41. The SMILES string of the molecule is CCCC(O)(c1ccc(OC)cc1)C(C[NH+]1CCOCC1)c1ccccc1. The predicted molar refractivity (Wildman–Crippen MR) is 107 cm³/mol. The van der Waals surface area contributed by atoms with Gasteiger partial charge in [0.05, 0.1) is 32.8 Å². The second-order valence-corrected chi connectivity index (χ2v) is 7.43. The minimum atomic E-state index is -0.909. The molecule has 0 aliphatic carbocycles. The smallest absolute Gasteiger partial charge is 0.118 e. The molecule has 1 fully saturated rings. The summed E-state index contributed by atoms with van der Waals surface area (Å²) in [5, 5.41) is 12.0. The van der Waals surface area contributed by atoms with E-state index in [-0.39, 0.29) is 5.92 Å². The van der Waals surface area contributed by atoms with Gasteiger partial charge in [-0.15, -0.1) is 0 Å². The Morgan fingerprint density at radius 3 is 2.33 bits per heavy atom. The summed E-state index contributed by atoms with van der Waals surface area (Å²) in [6, 6.07) is 18.4. The lowest BCUT2D eigenvalue weighted by Crippen LogP contribution is -3.14. The normalized spacial score (nSPS) is 18.6. The van der Waals surface area contributed by atoms with Gasteiger partial charge < -0.3 is 19.5 Å². The van der Waals surface area contributed by atoms with E-state index in [2.05, 4.69) is 31.2 Å². The molecule has 0 saturated carbocycles. The highest BCUT2D eigenvalue weighted by molar-refractivity contribution is 5.35. The summed E-state index contributed by atoms with van der Waals surface area (Å²) in [7, 11) is 1.67. The quantitative estimate of drug-likeness (QED) is 0.750. The Labute approximate surface area is 162 Å². The lowest BCUT2D eigenvalue weighted by atomic mass is 9.74. The first-order valence-electron chi connectivity index (χ1n) is 10.0. The molecule has 146 valence electrons. The third kappa shape index (κ3) is 4.70. The van der Waals surface area contributed by atoms with Crippen LogP contribution in [0.1, 0.15) is 36.8 Å². The van der Waals surface area contributed by atoms with Crippen molar-refractivity contribution >= 4 is 0 Å². The van der Waals surface area contributed by atoms with Crippen LogP contribution in [0, 0.1) is 0 Å². The molecule has 2 aromatic rings. The lowest BCUT2D eigenvalue weighted by Gasteiger charge is -2.39. The van der Waals surface area contributed by atoms with E-state index in [0.29, 0.717) is 0 Å². The van der Waals surface area contributed by atoms with Crippen molar-refractivity contribution in [2.45, 2.75) is 31.3 Å². The fraction of sp³-hybridized carbons (Fsp3) is 0.478. The van der Waals surface area contributed by atoms with Gasteiger partial charge in [-0.2, -0.15) is 0 Å². The van der Waals surface area contributed by atoms with E-state index < -0.39 is 5.60 Å². The molecule has 0 radical (unpaired) electrons. The van der Waals surface area contributed by atoms with E-state index in [4.69, 9.17) is 9.47 Å². The van der Waals surface area contributed by atoms with Crippen LogP contribution < -0.4 is 9.64 Å². The first-order chi connectivity index (χ1) is 13.2. The maximum Gasteiger partial charge on any atom is 0.118 e. The van der Waals surface area contributed by atoms with Gasteiger partial charge in [0.25, 0.3) is 0 Å². The van der Waals surface area contributed by atoms with Crippen LogP contribution >= 0.6 is 0 Å². The molecule has 4 heteroatoms. The molecule has 2 N–H and O–H groups in total. The minimum Gasteiger partial charge on any atom is -0.497 e. The van der Waals surface area contributed by atoms with Crippen LogP contribution in [0.15, 0.2) is 54.6 Å². The van der Waals surface area contributed by atoms with Gasteiger partial charge in [0.2, 0.25) is 0 Å². The highest BCUT2D eigenvalue weighted by Crippen LogP contribution is 2.40. The highest BCUT2D eigenvalue weighted by atomic mass is 16.5. The van der Waals surface area contributed by atoms with Gasteiger partial charge in [0, 0.05) is 0 Å². The van der Waals surface area contributed by atoms with Gasteiger partial charge in [0.15, 0.2) is 0 Å². The molecule has 2 unspecified atom stereocenters. The van der Waals surface area contributed by atoms with Gasteiger partial charge in [-0.25, -0.2) is 0 Å². The Morgan fingerprint density at radius 1 is 1.07 bits per heavy atom. The van der Waals surface area contributed by atoms with Crippen molar-refractivity contribution in [3.05, 3.63) is 65.7 Å². The van der Waals surface area contributed by atoms with Gasteiger partial charge in [-0.05, 0) is 29.7 Å². The van der Waals surface area contributed by atoms with Crippen molar-refractivity contribution in [3.63, 3.8) is 0 Å². The molecule has 0 amide bonds. The van der Waals surface area contributed by atoms with Gasteiger partial charge in [0.1, 0.15) is 24.4 Å². The molecule has 1 saturated heterocycles. The molecule has 1 aliphatic heterocycles. The number of methoxy groups -OCH3 is 1. The molecule has 0 aromatic heterocycles. The van der Waals surface area contributed by atoms with Crippen LogP contribution in [0.25, 0.3) is 0 Å². The first-order valence-corrected chi connectivity index (χ1v) is 10.0. The van der Waals surface area contributed by atoms with E-state index in [1.165, 1.54) is 10.5 Å². The Morgan fingerprint density at radius 2 is 1.74 bits per heavy atom. The number of hydrogen-bond acceptors (Lipinski definition) is 3. The van der Waals surface area contributed by atoms with Crippen molar-refractivity contribution in [1.82, 2.24) is 0 Å². The second-order valence-electron chi connectivity index (χ2n) is 7.43. The van der Waals surface area contributed by atoms with Crippen molar-refractivity contribution in [2.75, 3.05) is 40.0 Å². The van der Waals surface area contributed by atoms with Crippen LogP contribution in [0.3, 0.4) is 0 Å². The topological polar surface area (TPSA) is 43.1 Å². The summed E-state index contributed by atoms with van der Waals surface area (Å²) >= 11 is 0. The van der Waals surface area contributed by atoms with E-state index >= 15 is 0 Å². The summed E-state index contributed by atoms with van der Waals surface area (Å²) in [6.45, 7) is 6.62. The molecule has 4 nitrogen and oxygen atoms in total. The summed E-state index contributed by atoms with van der Waals surface area (Å²) in [6.07, 6.45) is 1.65. The molecule has 0 bridgehead atoms. The molecular weight excluding hydrogens is 338 g/mol. The number of ether oxygens (including phenoxy) is 2. The van der Waals surface area contributed by atoms with Crippen LogP contribution in [0.2, 0.25) is 0 Å². The zero-order valence-electron chi connectivity index (χ0n) is 16.5. The number of aliphatic hydroxyl groups is 1. The van der Waals surface area contributed by atoms with E-state index in [0.717, 1.165) is 57.0 Å². The molecule has 2 atom stereocenters. The largest absolute Gasteiger partial charge is 0.497 e. The Bertz CT molecular complexity index is 683. The van der Waals surface area contributed by atoms with Crippen LogP contribution in [0.5, 0.6) is 5.75 Å². The van der Waals surface area contributed by atoms with Gasteiger partial charge >= 0.3 is 0 Å². The standard InChI is InChI=1S/C23H31NO3/c1-3-13-23(25,20-9-11-21(26-2)12-10-20)22(19-7-5-4-6-8-19)18-24-14-16-27-17-15-24/h4-12,22,25H,3,13-18H2,1-2H3/p+1. The number of morpholine rings is 1. The zero-order valence-corrected chi connectivity index (χ0v) is 16.5. The zero-order chi connectivity index (χ0) is 19.1. The van der Waals surface area contributed by atoms with Gasteiger partial charge in [-0.1, -0.05) is 55.8 Å². The van der Waals surface area contributed by atoms with E-state index in [1.54, 1.807) is 7.11 Å². The lowest BCUT2D eigenvalue weighted by molar-refractivity contribution is -0.910. The van der Waals surface area contributed by atoms with Crippen molar-refractivity contribution in [1.29, 1.82) is 0 Å². The number of hydrogen-bond donors (Lipinski definition) is 2. The fourth-order valence-electron chi connectivity index (χ4n) is 4.18. The second kappa shape index (κ2) is 9.36. The molecule has 27 heavy (non-hydrogen) atoms. The Kier molecular flexibility index (Phi) is 6.89. The third-order valence-corrected chi connectivity index (χ3v) is 5.69. The number of nitrogens with one attached hydrogen (secondary N) is 1. The first kappa shape index (κ1) is 19.9. The third-order valence-electron chi connectivity index (χ3n) is 5.69. The van der Waals surface area contributed by atoms with E-state index in [9.17, 15) is 5.11 Å². The van der Waals surface area contributed by atoms with Crippen LogP contribution in [-0.4, -0.2) is 45.1 Å². The number of quaternary nitrogens is 1. The number of rotatable bonds is 8. The minimum absolute atomic E-state index is 0.0279. The molecular formula is C23H32NO3+. The molecule has 1 aliphatic rings. The predicted octanol–water partition coefficient (Wildman–Crippen LogP) is 2.38. The maximum absolute atomic E-state index is 12.0. The monoisotopic (exact) mass is 370 g/mol. The van der Waals surface area contributed by atoms with Crippen LogP contribution in [0.4, 0.5) is 0 Å². The summed E-state index contributed by atoms with van der Waals surface area (Å²) < 4.78 is 10.8. The summed E-state index contributed by atoms with van der Waals surface area (Å²) in [4.78, 5) is 1.50. The molecule has 3 rings (SSSR count). The van der Waals surface area contributed by atoms with Crippen molar-refractivity contribution in [2.24, 2.45) is 0 Å². The Balaban J connectivity index is 1.98. The van der Waals surface area contributed by atoms with E-state index in [1.807, 2.05) is 30.3 Å². The summed E-state index contributed by atoms with van der Waals surface area (Å²) in [5.74, 6) is 0.841.